The molecule has 1 fully saturated rings. The van der Waals surface area contributed by atoms with E-state index in [0.29, 0.717) is 6.42 Å². The first-order valence-corrected chi connectivity index (χ1v) is 5.70. The van der Waals surface area contributed by atoms with Crippen LogP contribution < -0.4 is 5.73 Å². The second-order valence-electron chi connectivity index (χ2n) is 4.15. The van der Waals surface area contributed by atoms with Crippen molar-refractivity contribution in [2.45, 2.75) is 31.8 Å². The van der Waals surface area contributed by atoms with Crippen LogP contribution in [0.5, 0.6) is 0 Å². The van der Waals surface area contributed by atoms with E-state index >= 15 is 0 Å². The first kappa shape index (κ1) is 11.1. The molecule has 1 aliphatic heterocycles. The first-order valence-electron chi connectivity index (χ1n) is 5.70. The summed E-state index contributed by atoms with van der Waals surface area (Å²) in [6.45, 7) is 2.82. The number of hydrogen-bond donors (Lipinski definition) is 1. The van der Waals surface area contributed by atoms with Crippen molar-refractivity contribution in [3.63, 3.8) is 0 Å². The van der Waals surface area contributed by atoms with Gasteiger partial charge in [-0.05, 0) is 18.6 Å². The Morgan fingerprint density at radius 3 is 3.00 bits per heavy atom. The van der Waals surface area contributed by atoms with Gasteiger partial charge in [-0.15, -0.1) is 0 Å². The summed E-state index contributed by atoms with van der Waals surface area (Å²) in [6, 6.07) is 5.56. The monoisotopic (exact) mass is 219 g/mol. The lowest BCUT2D eigenvalue weighted by molar-refractivity contribution is -0.129. The minimum atomic E-state index is -0.131. The molecule has 86 valence electrons. The number of carbonyl (C=O) groups excluding carboxylic acids is 1. The summed E-state index contributed by atoms with van der Waals surface area (Å²) in [6.07, 6.45) is 3.12. The fourth-order valence-electron chi connectivity index (χ4n) is 2.25. The summed E-state index contributed by atoms with van der Waals surface area (Å²) >= 11 is 0. The number of nitrogens with two attached hydrogens (primary N) is 1. The van der Waals surface area contributed by atoms with Crippen molar-refractivity contribution in [2.75, 3.05) is 6.54 Å². The zero-order valence-electron chi connectivity index (χ0n) is 9.47. The molecule has 0 spiro atoms. The lowest BCUT2D eigenvalue weighted by Gasteiger charge is -2.25. The lowest BCUT2D eigenvalue weighted by atomic mass is 10.1. The Kier molecular flexibility index (Phi) is 3.19. The summed E-state index contributed by atoms with van der Waals surface area (Å²) in [5, 5.41) is 0. The second kappa shape index (κ2) is 4.61. The molecule has 1 aromatic rings. The normalized spacial score (nSPS) is 25.1. The van der Waals surface area contributed by atoms with Crippen molar-refractivity contribution < 1.29 is 4.79 Å². The van der Waals surface area contributed by atoms with Gasteiger partial charge in [0, 0.05) is 25.2 Å². The molecule has 0 aromatic carbocycles. The highest BCUT2D eigenvalue weighted by Crippen LogP contribution is 2.30. The standard InChI is InChI=1S/C12H17N3O/c1-2-7-15-11(16)8-9(13)12(15)10-5-3-4-6-14-10/h3-6,9,12H,2,7-8,13H2,1H3. The van der Waals surface area contributed by atoms with Gasteiger partial charge in [-0.1, -0.05) is 13.0 Å². The molecule has 0 bridgehead atoms. The number of amides is 1. The van der Waals surface area contributed by atoms with Crippen molar-refractivity contribution in [3.8, 4) is 0 Å². The van der Waals surface area contributed by atoms with Crippen molar-refractivity contribution in [2.24, 2.45) is 5.73 Å². The third-order valence-electron chi connectivity index (χ3n) is 2.93. The lowest BCUT2D eigenvalue weighted by Crippen LogP contribution is -2.34. The number of carbonyl (C=O) groups is 1. The molecule has 0 radical (unpaired) electrons. The number of nitrogens with zero attached hydrogens (tertiary/aromatic N) is 2. The fraction of sp³-hybridized carbons (Fsp3) is 0.500. The Bertz CT molecular complexity index is 366. The van der Waals surface area contributed by atoms with Gasteiger partial charge in [0.05, 0.1) is 11.7 Å². The minimum Gasteiger partial charge on any atom is -0.332 e. The zero-order valence-corrected chi connectivity index (χ0v) is 9.47. The Morgan fingerprint density at radius 2 is 2.38 bits per heavy atom. The van der Waals surface area contributed by atoms with Gasteiger partial charge < -0.3 is 10.6 Å². The molecule has 0 saturated carbocycles. The van der Waals surface area contributed by atoms with Crippen molar-refractivity contribution in [3.05, 3.63) is 30.1 Å². The summed E-state index contributed by atoms with van der Waals surface area (Å²) in [7, 11) is 0. The fourth-order valence-corrected chi connectivity index (χ4v) is 2.25. The third-order valence-corrected chi connectivity index (χ3v) is 2.93. The van der Waals surface area contributed by atoms with Gasteiger partial charge in [0.15, 0.2) is 0 Å². The molecule has 1 saturated heterocycles. The highest BCUT2D eigenvalue weighted by molar-refractivity contribution is 5.80. The van der Waals surface area contributed by atoms with E-state index in [-0.39, 0.29) is 18.0 Å². The predicted octanol–water partition coefficient (Wildman–Crippen LogP) is 1.09. The molecule has 2 unspecified atom stereocenters. The summed E-state index contributed by atoms with van der Waals surface area (Å²) in [5.41, 5.74) is 6.92. The van der Waals surface area contributed by atoms with Crippen LogP contribution in [0.3, 0.4) is 0 Å². The van der Waals surface area contributed by atoms with Crippen LogP contribution in [0.15, 0.2) is 24.4 Å². The predicted molar refractivity (Wildman–Crippen MR) is 61.6 cm³/mol. The Morgan fingerprint density at radius 1 is 1.56 bits per heavy atom. The quantitative estimate of drug-likeness (QED) is 0.828. The number of likely N-dealkylation sites (tertiary alicyclic amines) is 1. The maximum atomic E-state index is 11.8. The van der Waals surface area contributed by atoms with E-state index in [1.165, 1.54) is 0 Å². The van der Waals surface area contributed by atoms with E-state index in [9.17, 15) is 4.79 Å². The highest BCUT2D eigenvalue weighted by atomic mass is 16.2. The largest absolute Gasteiger partial charge is 0.332 e. The van der Waals surface area contributed by atoms with Crippen molar-refractivity contribution in [1.82, 2.24) is 9.88 Å². The topological polar surface area (TPSA) is 59.2 Å². The summed E-state index contributed by atoms with van der Waals surface area (Å²) < 4.78 is 0. The van der Waals surface area contributed by atoms with Crippen LogP contribution in [0.25, 0.3) is 0 Å². The molecular formula is C12H17N3O. The first-order chi connectivity index (χ1) is 7.74. The third kappa shape index (κ3) is 1.93. The molecule has 4 heteroatoms. The molecule has 1 aliphatic rings. The van der Waals surface area contributed by atoms with Gasteiger partial charge in [0.2, 0.25) is 5.91 Å². The highest BCUT2D eigenvalue weighted by Gasteiger charge is 2.38. The van der Waals surface area contributed by atoms with Crippen LogP contribution in [0.4, 0.5) is 0 Å². The van der Waals surface area contributed by atoms with Gasteiger partial charge in [0.1, 0.15) is 0 Å². The Labute approximate surface area is 95.5 Å². The summed E-state index contributed by atoms with van der Waals surface area (Å²) in [4.78, 5) is 17.9. The smallest absolute Gasteiger partial charge is 0.224 e. The van der Waals surface area contributed by atoms with Gasteiger partial charge in [0.25, 0.3) is 0 Å². The molecule has 2 heterocycles. The number of aromatic nitrogens is 1. The molecular weight excluding hydrogens is 202 g/mol. The molecule has 1 amide bonds. The average Bonchev–Trinajstić information content (AvgIpc) is 2.56. The van der Waals surface area contributed by atoms with Crippen LogP contribution in [-0.2, 0) is 4.79 Å². The Balaban J connectivity index is 2.27. The molecule has 4 nitrogen and oxygen atoms in total. The number of pyridine rings is 1. The number of rotatable bonds is 3. The van der Waals surface area contributed by atoms with Crippen molar-refractivity contribution >= 4 is 5.91 Å². The Hall–Kier alpha value is -1.42. The van der Waals surface area contributed by atoms with Gasteiger partial charge in [-0.2, -0.15) is 0 Å². The molecule has 16 heavy (non-hydrogen) atoms. The zero-order chi connectivity index (χ0) is 11.5. The van der Waals surface area contributed by atoms with Crippen LogP contribution in [-0.4, -0.2) is 28.4 Å². The van der Waals surface area contributed by atoms with Crippen LogP contribution in [0.1, 0.15) is 31.5 Å². The molecule has 2 atom stereocenters. The number of hydrogen-bond acceptors (Lipinski definition) is 3. The van der Waals surface area contributed by atoms with E-state index in [4.69, 9.17) is 5.73 Å². The maximum Gasteiger partial charge on any atom is 0.224 e. The van der Waals surface area contributed by atoms with E-state index in [1.54, 1.807) is 6.20 Å². The second-order valence-corrected chi connectivity index (χ2v) is 4.15. The van der Waals surface area contributed by atoms with E-state index in [0.717, 1.165) is 18.7 Å². The van der Waals surface area contributed by atoms with Gasteiger partial charge in [-0.25, -0.2) is 0 Å². The molecule has 0 aliphatic carbocycles. The van der Waals surface area contributed by atoms with Crippen molar-refractivity contribution in [1.29, 1.82) is 0 Å². The molecule has 1 aromatic heterocycles. The molecule has 2 rings (SSSR count). The van der Waals surface area contributed by atoms with Crippen LogP contribution in [0.2, 0.25) is 0 Å². The maximum absolute atomic E-state index is 11.8. The van der Waals surface area contributed by atoms with Crippen LogP contribution in [0, 0.1) is 0 Å². The van der Waals surface area contributed by atoms with E-state index < -0.39 is 0 Å². The van der Waals surface area contributed by atoms with E-state index in [2.05, 4.69) is 11.9 Å². The van der Waals surface area contributed by atoms with Crippen LogP contribution >= 0.6 is 0 Å². The van der Waals surface area contributed by atoms with Gasteiger partial charge >= 0.3 is 0 Å². The summed E-state index contributed by atoms with van der Waals surface area (Å²) in [5.74, 6) is 0.144. The van der Waals surface area contributed by atoms with Gasteiger partial charge in [-0.3, -0.25) is 9.78 Å². The van der Waals surface area contributed by atoms with E-state index in [1.807, 2.05) is 23.1 Å². The molecule has 2 N–H and O–H groups in total. The SMILES string of the molecule is CCCN1C(=O)CC(N)C1c1ccccn1. The minimum absolute atomic E-state index is 0.0475. The average molecular weight is 219 g/mol.